The first kappa shape index (κ1) is 17.7. The lowest BCUT2D eigenvalue weighted by Crippen LogP contribution is -2.42. The number of anilines is 2. The number of nitrogens with zero attached hydrogens (tertiary/aromatic N) is 1. The standard InChI is InChI=1S/C17H26ClN3O2/c1-11(20-16(22)23-17(2,3)4)12-7-8-21(10-12)15-6-5-13(18)9-14(15)19/h5-6,9,11-12H,7-8,10,19H2,1-4H3,(H,20,22). The lowest BCUT2D eigenvalue weighted by Gasteiger charge is -2.25. The Morgan fingerprint density at radius 2 is 2.17 bits per heavy atom. The Kier molecular flexibility index (Phi) is 5.30. The number of hydrogen-bond acceptors (Lipinski definition) is 4. The molecule has 23 heavy (non-hydrogen) atoms. The van der Waals surface area contributed by atoms with Crippen molar-refractivity contribution in [2.75, 3.05) is 23.7 Å². The van der Waals surface area contributed by atoms with Gasteiger partial charge in [0.2, 0.25) is 0 Å². The molecule has 0 bridgehead atoms. The molecule has 0 aliphatic carbocycles. The molecule has 3 N–H and O–H groups in total. The van der Waals surface area contributed by atoms with Crippen molar-refractivity contribution in [2.24, 2.45) is 5.92 Å². The summed E-state index contributed by atoms with van der Waals surface area (Å²) in [5.41, 5.74) is 7.26. The smallest absolute Gasteiger partial charge is 0.407 e. The Balaban J connectivity index is 1.93. The lowest BCUT2D eigenvalue weighted by molar-refractivity contribution is 0.0494. The number of amides is 1. The molecule has 128 valence electrons. The second-order valence-electron chi connectivity index (χ2n) is 7.13. The molecular formula is C17H26ClN3O2. The van der Waals surface area contributed by atoms with Gasteiger partial charge in [-0.25, -0.2) is 4.79 Å². The molecule has 1 aromatic rings. The summed E-state index contributed by atoms with van der Waals surface area (Å²) >= 11 is 5.95. The Labute approximate surface area is 143 Å². The summed E-state index contributed by atoms with van der Waals surface area (Å²) in [7, 11) is 0. The van der Waals surface area contributed by atoms with E-state index in [0.717, 1.165) is 25.2 Å². The number of carbonyl (C=O) groups excluding carboxylic acids is 1. The number of carbonyl (C=O) groups is 1. The predicted octanol–water partition coefficient (Wildman–Crippen LogP) is 3.66. The van der Waals surface area contributed by atoms with E-state index >= 15 is 0 Å². The Hall–Kier alpha value is -1.62. The molecule has 2 atom stereocenters. The maximum atomic E-state index is 11.9. The minimum Gasteiger partial charge on any atom is -0.444 e. The van der Waals surface area contributed by atoms with Gasteiger partial charge in [-0.15, -0.1) is 0 Å². The van der Waals surface area contributed by atoms with Crippen LogP contribution in [0.3, 0.4) is 0 Å². The van der Waals surface area contributed by atoms with E-state index in [4.69, 9.17) is 22.1 Å². The molecular weight excluding hydrogens is 314 g/mol. The van der Waals surface area contributed by atoms with Crippen LogP contribution in [-0.2, 0) is 4.74 Å². The lowest BCUT2D eigenvalue weighted by atomic mass is 10.0. The van der Waals surface area contributed by atoms with Crippen LogP contribution in [0, 0.1) is 5.92 Å². The van der Waals surface area contributed by atoms with E-state index in [2.05, 4.69) is 10.2 Å². The highest BCUT2D eigenvalue weighted by Gasteiger charge is 2.30. The summed E-state index contributed by atoms with van der Waals surface area (Å²) < 4.78 is 5.31. The molecule has 0 radical (unpaired) electrons. The molecule has 0 spiro atoms. The quantitative estimate of drug-likeness (QED) is 0.825. The largest absolute Gasteiger partial charge is 0.444 e. The van der Waals surface area contributed by atoms with Crippen LogP contribution in [0.4, 0.5) is 16.2 Å². The zero-order chi connectivity index (χ0) is 17.2. The van der Waals surface area contributed by atoms with Crippen LogP contribution in [0.1, 0.15) is 34.1 Å². The molecule has 1 fully saturated rings. The highest BCUT2D eigenvalue weighted by atomic mass is 35.5. The molecule has 1 aliphatic heterocycles. The number of hydrogen-bond donors (Lipinski definition) is 2. The van der Waals surface area contributed by atoms with Gasteiger partial charge in [0.15, 0.2) is 0 Å². The topological polar surface area (TPSA) is 67.6 Å². The van der Waals surface area contributed by atoms with Crippen molar-refractivity contribution in [3.63, 3.8) is 0 Å². The SMILES string of the molecule is CC(NC(=O)OC(C)(C)C)C1CCN(c2ccc(Cl)cc2N)C1. The molecule has 1 amide bonds. The number of nitrogen functional groups attached to an aromatic ring is 1. The number of rotatable bonds is 3. The van der Waals surface area contributed by atoms with Crippen LogP contribution in [0.2, 0.25) is 5.02 Å². The number of nitrogens with two attached hydrogens (primary N) is 1. The van der Waals surface area contributed by atoms with Gasteiger partial charge < -0.3 is 20.7 Å². The highest BCUT2D eigenvalue weighted by molar-refractivity contribution is 6.31. The minimum absolute atomic E-state index is 0.0448. The monoisotopic (exact) mass is 339 g/mol. The van der Waals surface area contributed by atoms with E-state index in [9.17, 15) is 4.79 Å². The fourth-order valence-corrected chi connectivity index (χ4v) is 3.02. The van der Waals surface area contributed by atoms with Gasteiger partial charge in [-0.05, 0) is 58.2 Å². The van der Waals surface area contributed by atoms with Crippen LogP contribution in [0.25, 0.3) is 0 Å². The Morgan fingerprint density at radius 3 is 2.78 bits per heavy atom. The van der Waals surface area contributed by atoms with Crippen molar-refractivity contribution in [2.45, 2.75) is 45.8 Å². The average molecular weight is 340 g/mol. The van der Waals surface area contributed by atoms with Crippen molar-refractivity contribution in [3.8, 4) is 0 Å². The summed E-state index contributed by atoms with van der Waals surface area (Å²) in [6.45, 7) is 9.36. The fourth-order valence-electron chi connectivity index (χ4n) is 2.84. The maximum absolute atomic E-state index is 11.9. The van der Waals surface area contributed by atoms with E-state index in [1.807, 2.05) is 39.8 Å². The van der Waals surface area contributed by atoms with E-state index < -0.39 is 5.60 Å². The van der Waals surface area contributed by atoms with Crippen LogP contribution in [0.15, 0.2) is 18.2 Å². The molecule has 2 unspecified atom stereocenters. The molecule has 0 saturated carbocycles. The van der Waals surface area contributed by atoms with E-state index in [1.165, 1.54) is 0 Å². The van der Waals surface area contributed by atoms with Gasteiger partial charge in [0.25, 0.3) is 0 Å². The van der Waals surface area contributed by atoms with E-state index in [0.29, 0.717) is 16.6 Å². The first-order valence-electron chi connectivity index (χ1n) is 7.95. The third-order valence-corrected chi connectivity index (χ3v) is 4.24. The number of halogens is 1. The third-order valence-electron chi connectivity index (χ3n) is 4.01. The number of nitrogens with one attached hydrogen (secondary N) is 1. The second kappa shape index (κ2) is 6.87. The van der Waals surface area contributed by atoms with Crippen LogP contribution >= 0.6 is 11.6 Å². The molecule has 6 heteroatoms. The molecule has 1 aromatic carbocycles. The van der Waals surface area contributed by atoms with Crippen molar-refractivity contribution in [1.29, 1.82) is 0 Å². The normalized spacial score (nSPS) is 19.5. The van der Waals surface area contributed by atoms with E-state index in [-0.39, 0.29) is 12.1 Å². The molecule has 0 aromatic heterocycles. The van der Waals surface area contributed by atoms with Gasteiger partial charge in [-0.3, -0.25) is 0 Å². The van der Waals surface area contributed by atoms with E-state index in [1.54, 1.807) is 6.07 Å². The Bertz CT molecular complexity index is 571. The molecule has 1 saturated heterocycles. The first-order chi connectivity index (χ1) is 10.7. The van der Waals surface area contributed by atoms with Crippen LogP contribution in [0.5, 0.6) is 0 Å². The number of alkyl carbamates (subject to hydrolysis) is 1. The van der Waals surface area contributed by atoms with Crippen molar-refractivity contribution in [1.82, 2.24) is 5.32 Å². The second-order valence-corrected chi connectivity index (χ2v) is 7.57. The molecule has 1 aliphatic rings. The summed E-state index contributed by atoms with van der Waals surface area (Å²) in [6, 6.07) is 5.62. The molecule has 5 nitrogen and oxygen atoms in total. The van der Waals surface area contributed by atoms with Gasteiger partial charge in [0, 0.05) is 24.2 Å². The maximum Gasteiger partial charge on any atom is 0.407 e. The Morgan fingerprint density at radius 1 is 1.48 bits per heavy atom. The van der Waals surface area contributed by atoms with Gasteiger partial charge in [-0.1, -0.05) is 11.6 Å². The first-order valence-corrected chi connectivity index (χ1v) is 8.33. The van der Waals surface area contributed by atoms with Crippen molar-refractivity contribution >= 4 is 29.1 Å². The minimum atomic E-state index is -0.483. The van der Waals surface area contributed by atoms with Gasteiger partial charge in [0.05, 0.1) is 11.4 Å². The zero-order valence-electron chi connectivity index (χ0n) is 14.2. The number of ether oxygens (including phenoxy) is 1. The van der Waals surface area contributed by atoms with Crippen LogP contribution < -0.4 is 16.0 Å². The average Bonchev–Trinajstić information content (AvgIpc) is 2.85. The van der Waals surface area contributed by atoms with Gasteiger partial charge in [-0.2, -0.15) is 0 Å². The molecule has 2 rings (SSSR count). The van der Waals surface area contributed by atoms with Gasteiger partial charge >= 0.3 is 6.09 Å². The summed E-state index contributed by atoms with van der Waals surface area (Å²) in [6.07, 6.45) is 0.633. The summed E-state index contributed by atoms with van der Waals surface area (Å²) in [4.78, 5) is 14.1. The third kappa shape index (κ3) is 4.93. The van der Waals surface area contributed by atoms with Gasteiger partial charge in [0.1, 0.15) is 5.60 Å². The van der Waals surface area contributed by atoms with Crippen molar-refractivity contribution < 1.29 is 9.53 Å². The molecule has 1 heterocycles. The fraction of sp³-hybridized carbons (Fsp3) is 0.588. The predicted molar refractivity (Wildman–Crippen MR) is 95.0 cm³/mol. The van der Waals surface area contributed by atoms with Crippen LogP contribution in [-0.4, -0.2) is 30.8 Å². The summed E-state index contributed by atoms with van der Waals surface area (Å²) in [5.74, 6) is 0.359. The number of benzene rings is 1. The highest BCUT2D eigenvalue weighted by Crippen LogP contribution is 2.31. The van der Waals surface area contributed by atoms with Crippen molar-refractivity contribution in [3.05, 3.63) is 23.2 Å². The summed E-state index contributed by atoms with van der Waals surface area (Å²) in [5, 5.41) is 3.57. The zero-order valence-corrected chi connectivity index (χ0v) is 15.0.